The van der Waals surface area contributed by atoms with E-state index >= 15 is 0 Å². The molecule has 0 aromatic heterocycles. The number of esters is 1. The normalized spacial score (nSPS) is 14.6. The summed E-state index contributed by atoms with van der Waals surface area (Å²) in [6.45, 7) is 3.05. The Balaban J connectivity index is 1.57. The van der Waals surface area contributed by atoms with Crippen LogP contribution in [0.5, 0.6) is 5.75 Å². The Morgan fingerprint density at radius 2 is 1.74 bits per heavy atom. The van der Waals surface area contributed by atoms with E-state index in [1.54, 1.807) is 24.3 Å². The number of sulfonamides is 1. The van der Waals surface area contributed by atoms with Crippen LogP contribution in [-0.4, -0.2) is 64.1 Å². The summed E-state index contributed by atoms with van der Waals surface area (Å²) in [5, 5.41) is 2.63. The quantitative estimate of drug-likeness (QED) is 0.614. The van der Waals surface area contributed by atoms with E-state index in [0.717, 1.165) is 0 Å². The molecule has 1 aliphatic rings. The molecule has 1 heterocycles. The summed E-state index contributed by atoms with van der Waals surface area (Å²) in [6, 6.07) is 12.3. The van der Waals surface area contributed by atoms with Crippen molar-refractivity contribution in [3.8, 4) is 5.75 Å². The van der Waals surface area contributed by atoms with Crippen molar-refractivity contribution in [3.63, 3.8) is 0 Å². The number of morpholine rings is 1. The third-order valence-electron chi connectivity index (χ3n) is 4.49. The maximum Gasteiger partial charge on any atom is 0.338 e. The van der Waals surface area contributed by atoms with Gasteiger partial charge in [-0.05, 0) is 43.3 Å². The molecule has 0 atom stereocenters. The van der Waals surface area contributed by atoms with Crippen molar-refractivity contribution in [2.24, 2.45) is 0 Å². The SMILES string of the molecule is CCOc1ccccc1NC(=O)COC(=O)c1ccc(S(=O)(=O)N2CCOCC2)cc1. The van der Waals surface area contributed by atoms with Crippen molar-refractivity contribution in [3.05, 3.63) is 54.1 Å². The minimum atomic E-state index is -3.65. The lowest BCUT2D eigenvalue weighted by atomic mass is 10.2. The topological polar surface area (TPSA) is 111 Å². The van der Waals surface area contributed by atoms with Gasteiger partial charge in [0.1, 0.15) is 5.75 Å². The maximum atomic E-state index is 12.6. The third kappa shape index (κ3) is 5.81. The monoisotopic (exact) mass is 448 g/mol. The van der Waals surface area contributed by atoms with Crippen molar-refractivity contribution in [1.29, 1.82) is 0 Å². The molecule has 0 unspecified atom stereocenters. The summed E-state index contributed by atoms with van der Waals surface area (Å²) < 4.78 is 42.2. The van der Waals surface area contributed by atoms with E-state index in [-0.39, 0.29) is 23.5 Å². The molecule has 1 amide bonds. The lowest BCUT2D eigenvalue weighted by Crippen LogP contribution is -2.40. The molecule has 0 spiro atoms. The zero-order valence-electron chi connectivity index (χ0n) is 17.1. The standard InChI is InChI=1S/C21H24N2O7S/c1-2-29-19-6-4-3-5-18(19)22-20(24)15-30-21(25)16-7-9-17(10-8-16)31(26,27)23-11-13-28-14-12-23/h3-10H,2,11-15H2,1H3,(H,22,24). The smallest absolute Gasteiger partial charge is 0.338 e. The molecule has 0 saturated carbocycles. The minimum Gasteiger partial charge on any atom is -0.492 e. The number of carbonyl (C=O) groups excluding carboxylic acids is 2. The van der Waals surface area contributed by atoms with Crippen LogP contribution >= 0.6 is 0 Å². The number of hydrogen-bond donors (Lipinski definition) is 1. The molecule has 1 aliphatic heterocycles. The highest BCUT2D eigenvalue weighted by atomic mass is 32.2. The molecule has 10 heteroatoms. The largest absolute Gasteiger partial charge is 0.492 e. The van der Waals surface area contributed by atoms with Crippen LogP contribution in [0, 0.1) is 0 Å². The number of nitrogens with one attached hydrogen (secondary N) is 1. The van der Waals surface area contributed by atoms with Crippen LogP contribution in [0.4, 0.5) is 5.69 Å². The maximum absolute atomic E-state index is 12.6. The van der Waals surface area contributed by atoms with Crippen molar-refractivity contribution < 1.29 is 32.2 Å². The van der Waals surface area contributed by atoms with Gasteiger partial charge in [-0.25, -0.2) is 13.2 Å². The molecule has 1 N–H and O–H groups in total. The average molecular weight is 448 g/mol. The van der Waals surface area contributed by atoms with Crippen LogP contribution in [0.3, 0.4) is 0 Å². The first-order chi connectivity index (χ1) is 14.9. The molecule has 31 heavy (non-hydrogen) atoms. The Morgan fingerprint density at radius 3 is 2.42 bits per heavy atom. The molecule has 0 aliphatic carbocycles. The minimum absolute atomic E-state index is 0.0798. The molecule has 166 valence electrons. The number of rotatable bonds is 8. The highest BCUT2D eigenvalue weighted by Gasteiger charge is 2.26. The Bertz CT molecular complexity index is 1020. The summed E-state index contributed by atoms with van der Waals surface area (Å²) in [5.74, 6) is -0.739. The number of hydrogen-bond acceptors (Lipinski definition) is 7. The van der Waals surface area contributed by atoms with E-state index in [4.69, 9.17) is 14.2 Å². The highest BCUT2D eigenvalue weighted by Crippen LogP contribution is 2.23. The fraction of sp³-hybridized carbons (Fsp3) is 0.333. The fourth-order valence-corrected chi connectivity index (χ4v) is 4.36. The van der Waals surface area contributed by atoms with Crippen LogP contribution in [-0.2, 0) is 24.3 Å². The third-order valence-corrected chi connectivity index (χ3v) is 6.41. The first-order valence-corrected chi connectivity index (χ1v) is 11.2. The zero-order chi connectivity index (χ0) is 22.3. The van der Waals surface area contributed by atoms with E-state index in [0.29, 0.717) is 31.3 Å². The van der Waals surface area contributed by atoms with Crippen molar-refractivity contribution in [1.82, 2.24) is 4.31 Å². The molecular weight excluding hydrogens is 424 g/mol. The fourth-order valence-electron chi connectivity index (χ4n) is 2.95. The average Bonchev–Trinajstić information content (AvgIpc) is 2.79. The van der Waals surface area contributed by atoms with Gasteiger partial charge in [0.2, 0.25) is 10.0 Å². The van der Waals surface area contributed by atoms with Crippen LogP contribution in [0.1, 0.15) is 17.3 Å². The molecule has 9 nitrogen and oxygen atoms in total. The molecule has 0 bridgehead atoms. The first-order valence-electron chi connectivity index (χ1n) is 9.78. The second kappa shape index (κ2) is 10.4. The number of anilines is 1. The molecular formula is C21H24N2O7S. The molecule has 2 aromatic carbocycles. The van der Waals surface area contributed by atoms with Gasteiger partial charge in [-0.2, -0.15) is 4.31 Å². The van der Waals surface area contributed by atoms with Crippen molar-refractivity contribution in [2.45, 2.75) is 11.8 Å². The predicted molar refractivity (Wildman–Crippen MR) is 113 cm³/mol. The molecule has 2 aromatic rings. The summed E-state index contributed by atoms with van der Waals surface area (Å²) in [4.78, 5) is 24.4. The van der Waals surface area contributed by atoms with Gasteiger partial charge < -0.3 is 19.5 Å². The second-order valence-electron chi connectivity index (χ2n) is 6.59. The highest BCUT2D eigenvalue weighted by molar-refractivity contribution is 7.89. The second-order valence-corrected chi connectivity index (χ2v) is 8.53. The van der Waals surface area contributed by atoms with Gasteiger partial charge in [-0.3, -0.25) is 4.79 Å². The van der Waals surface area contributed by atoms with Crippen LogP contribution in [0.2, 0.25) is 0 Å². The Kier molecular flexibility index (Phi) is 7.61. The number of nitrogens with zero attached hydrogens (tertiary/aromatic N) is 1. The Morgan fingerprint density at radius 1 is 1.06 bits per heavy atom. The summed E-state index contributed by atoms with van der Waals surface area (Å²) in [7, 11) is -3.65. The van der Waals surface area contributed by atoms with E-state index in [1.165, 1.54) is 28.6 Å². The number of ether oxygens (including phenoxy) is 3. The lowest BCUT2D eigenvalue weighted by molar-refractivity contribution is -0.119. The molecule has 1 saturated heterocycles. The predicted octanol–water partition coefficient (Wildman–Crippen LogP) is 1.90. The van der Waals surface area contributed by atoms with Gasteiger partial charge in [-0.1, -0.05) is 12.1 Å². The zero-order valence-corrected chi connectivity index (χ0v) is 17.9. The van der Waals surface area contributed by atoms with E-state index in [2.05, 4.69) is 5.32 Å². The van der Waals surface area contributed by atoms with Crippen LogP contribution < -0.4 is 10.1 Å². The first kappa shape index (κ1) is 22.7. The van der Waals surface area contributed by atoms with Gasteiger partial charge in [0.05, 0.1) is 36.0 Å². The van der Waals surface area contributed by atoms with Crippen molar-refractivity contribution in [2.75, 3.05) is 44.8 Å². The Hall–Kier alpha value is -2.95. The van der Waals surface area contributed by atoms with Crippen LogP contribution in [0.15, 0.2) is 53.4 Å². The van der Waals surface area contributed by atoms with Gasteiger partial charge >= 0.3 is 5.97 Å². The summed E-state index contributed by atoms with van der Waals surface area (Å²) in [5.41, 5.74) is 0.617. The lowest BCUT2D eigenvalue weighted by Gasteiger charge is -2.26. The summed E-state index contributed by atoms with van der Waals surface area (Å²) >= 11 is 0. The van der Waals surface area contributed by atoms with Gasteiger partial charge in [0, 0.05) is 13.1 Å². The molecule has 0 radical (unpaired) electrons. The van der Waals surface area contributed by atoms with E-state index in [9.17, 15) is 18.0 Å². The van der Waals surface area contributed by atoms with Gasteiger partial charge in [0.25, 0.3) is 5.91 Å². The number of amides is 1. The number of carbonyl (C=O) groups is 2. The van der Waals surface area contributed by atoms with Gasteiger partial charge in [0.15, 0.2) is 6.61 Å². The number of para-hydroxylation sites is 2. The Labute approximate surface area is 181 Å². The number of benzene rings is 2. The van der Waals surface area contributed by atoms with Crippen LogP contribution in [0.25, 0.3) is 0 Å². The van der Waals surface area contributed by atoms with E-state index in [1.807, 2.05) is 6.92 Å². The molecule has 3 rings (SSSR count). The molecule has 1 fully saturated rings. The summed E-state index contributed by atoms with van der Waals surface area (Å²) in [6.07, 6.45) is 0. The van der Waals surface area contributed by atoms with E-state index < -0.39 is 28.5 Å². The van der Waals surface area contributed by atoms with Crippen molar-refractivity contribution >= 4 is 27.6 Å². The van der Waals surface area contributed by atoms with Gasteiger partial charge in [-0.15, -0.1) is 0 Å².